The normalized spacial score (nSPS) is 24.3. The Bertz CT molecular complexity index is 1040. The third-order valence-corrected chi connectivity index (χ3v) is 7.58. The minimum absolute atomic E-state index is 0.0117. The quantitative estimate of drug-likeness (QED) is 0.261. The van der Waals surface area contributed by atoms with E-state index in [9.17, 15) is 29.6 Å². The topological polar surface area (TPSA) is 139 Å². The number of nitro benzene ring substituents is 1. The molecule has 0 bridgehead atoms. The van der Waals surface area contributed by atoms with E-state index < -0.39 is 22.5 Å². The second kappa shape index (κ2) is 8.88. The van der Waals surface area contributed by atoms with Crippen LogP contribution in [0.2, 0.25) is 0 Å². The van der Waals surface area contributed by atoms with Gasteiger partial charge in [-0.2, -0.15) is 0 Å². The molecule has 2 fully saturated rings. The summed E-state index contributed by atoms with van der Waals surface area (Å²) >= 11 is 2.66. The Morgan fingerprint density at radius 3 is 2.72 bits per heavy atom. The standard InChI is InChI=1S/C20H19N3O7S2/c24-15(8-14-2-1-7-31-14)21-16-17(25)22-10-20(27,11-32-18(16)22)19(26)30-9-12-3-5-13(6-4-12)23(28)29/h1-7,16,18,27H,8-11H2,(H,21,24)/t16?,18-,20?/m1/s1. The number of hydrogen-bond acceptors (Lipinski definition) is 9. The number of fused-ring (bicyclic) bond motifs is 1. The minimum atomic E-state index is -1.87. The number of nitro groups is 1. The Kier molecular flexibility index (Phi) is 6.17. The number of carbonyl (C=O) groups excluding carboxylic acids is 3. The van der Waals surface area contributed by atoms with Crippen molar-refractivity contribution in [3.63, 3.8) is 0 Å². The first-order valence-corrected chi connectivity index (χ1v) is 11.6. The summed E-state index contributed by atoms with van der Waals surface area (Å²) in [6.45, 7) is -0.386. The number of non-ortho nitro benzene ring substituents is 1. The number of thioether (sulfide) groups is 1. The van der Waals surface area contributed by atoms with Crippen LogP contribution in [0.5, 0.6) is 0 Å². The number of benzene rings is 1. The van der Waals surface area contributed by atoms with E-state index in [-0.39, 0.29) is 48.2 Å². The van der Waals surface area contributed by atoms with Gasteiger partial charge in [0.15, 0.2) is 5.60 Å². The van der Waals surface area contributed by atoms with Crippen molar-refractivity contribution in [1.29, 1.82) is 0 Å². The van der Waals surface area contributed by atoms with Crippen LogP contribution in [0.1, 0.15) is 10.4 Å². The molecule has 2 aliphatic rings. The second-order valence-corrected chi connectivity index (χ2v) is 9.64. The number of nitrogens with zero attached hydrogens (tertiary/aromatic N) is 2. The number of thiophene rings is 1. The predicted molar refractivity (Wildman–Crippen MR) is 116 cm³/mol. The van der Waals surface area contributed by atoms with Gasteiger partial charge in [-0.1, -0.05) is 6.07 Å². The van der Waals surface area contributed by atoms with Crippen LogP contribution in [0.3, 0.4) is 0 Å². The number of esters is 1. The fourth-order valence-corrected chi connectivity index (χ4v) is 5.57. The number of hydrogen-bond donors (Lipinski definition) is 2. The average molecular weight is 478 g/mol. The van der Waals surface area contributed by atoms with E-state index in [4.69, 9.17) is 4.74 Å². The van der Waals surface area contributed by atoms with Gasteiger partial charge in [0.2, 0.25) is 11.8 Å². The molecule has 0 aliphatic carbocycles. The molecule has 10 nitrogen and oxygen atoms in total. The lowest BCUT2D eigenvalue weighted by atomic mass is 9.99. The van der Waals surface area contributed by atoms with E-state index >= 15 is 0 Å². The van der Waals surface area contributed by atoms with E-state index in [1.807, 2.05) is 17.5 Å². The average Bonchev–Trinajstić information content (AvgIpc) is 3.29. The third-order valence-electron chi connectivity index (χ3n) is 5.19. The van der Waals surface area contributed by atoms with Crippen molar-refractivity contribution in [1.82, 2.24) is 10.2 Å². The lowest BCUT2D eigenvalue weighted by Gasteiger charge is -2.52. The van der Waals surface area contributed by atoms with Gasteiger partial charge in [-0.15, -0.1) is 23.1 Å². The molecule has 1 aromatic heterocycles. The lowest BCUT2D eigenvalue weighted by Crippen LogP contribution is -2.75. The van der Waals surface area contributed by atoms with Crippen LogP contribution in [-0.2, 0) is 32.1 Å². The molecule has 0 spiro atoms. The fraction of sp³-hybridized carbons (Fsp3) is 0.350. The number of amides is 2. The Balaban J connectivity index is 1.29. The highest BCUT2D eigenvalue weighted by Crippen LogP contribution is 2.38. The molecule has 2 amide bonds. The van der Waals surface area contributed by atoms with Crippen LogP contribution in [0.25, 0.3) is 0 Å². The van der Waals surface area contributed by atoms with Crippen molar-refractivity contribution < 1.29 is 29.2 Å². The zero-order valence-electron chi connectivity index (χ0n) is 16.6. The molecule has 2 aromatic rings. The first kappa shape index (κ1) is 22.2. The highest BCUT2D eigenvalue weighted by atomic mass is 32.2. The zero-order chi connectivity index (χ0) is 22.9. The maximum Gasteiger partial charge on any atom is 0.341 e. The molecule has 2 aliphatic heterocycles. The molecule has 1 aromatic carbocycles. The number of nitrogens with one attached hydrogen (secondary N) is 1. The molecular formula is C20H19N3O7S2. The number of rotatable bonds is 7. The van der Waals surface area contributed by atoms with Crippen molar-refractivity contribution in [2.75, 3.05) is 12.3 Å². The SMILES string of the molecule is O=C(Cc1cccs1)NC1C(=O)N2CC(O)(C(=O)OCc3ccc([N+](=O)[O-])cc3)CS[C@H]12. The maximum atomic E-state index is 12.5. The number of carbonyl (C=O) groups is 3. The molecule has 32 heavy (non-hydrogen) atoms. The fourth-order valence-electron chi connectivity index (χ4n) is 3.48. The van der Waals surface area contributed by atoms with Crippen molar-refractivity contribution in [3.8, 4) is 0 Å². The Morgan fingerprint density at radius 1 is 1.31 bits per heavy atom. The molecule has 3 atom stereocenters. The smallest absolute Gasteiger partial charge is 0.341 e. The number of ether oxygens (including phenoxy) is 1. The monoisotopic (exact) mass is 477 g/mol. The predicted octanol–water partition coefficient (Wildman–Crippen LogP) is 1.07. The largest absolute Gasteiger partial charge is 0.459 e. The van der Waals surface area contributed by atoms with Gasteiger partial charge in [0.05, 0.1) is 17.9 Å². The van der Waals surface area contributed by atoms with Gasteiger partial charge in [-0.05, 0) is 29.1 Å². The highest BCUT2D eigenvalue weighted by Gasteiger charge is 2.57. The summed E-state index contributed by atoms with van der Waals surface area (Å²) in [5.74, 6) is -1.48. The van der Waals surface area contributed by atoms with Crippen molar-refractivity contribution in [3.05, 3.63) is 62.3 Å². The van der Waals surface area contributed by atoms with E-state index in [0.717, 1.165) is 4.88 Å². The first-order valence-electron chi connectivity index (χ1n) is 9.63. The minimum Gasteiger partial charge on any atom is -0.459 e. The summed E-state index contributed by atoms with van der Waals surface area (Å²) < 4.78 is 5.19. The van der Waals surface area contributed by atoms with Gasteiger partial charge >= 0.3 is 5.97 Å². The number of aliphatic hydroxyl groups is 1. The van der Waals surface area contributed by atoms with E-state index in [1.165, 1.54) is 52.3 Å². The van der Waals surface area contributed by atoms with Gasteiger partial charge in [0, 0.05) is 22.8 Å². The summed E-state index contributed by atoms with van der Waals surface area (Å²) in [5, 5.41) is 25.7. The molecule has 2 saturated heterocycles. The van der Waals surface area contributed by atoms with Crippen molar-refractivity contribution in [2.24, 2.45) is 0 Å². The molecule has 0 saturated carbocycles. The second-order valence-electron chi connectivity index (χ2n) is 7.50. The molecule has 168 valence electrons. The van der Waals surface area contributed by atoms with Gasteiger partial charge in [0.25, 0.3) is 5.69 Å². The molecule has 3 heterocycles. The first-order chi connectivity index (χ1) is 15.3. The van der Waals surface area contributed by atoms with Crippen LogP contribution in [-0.4, -0.2) is 62.0 Å². The molecule has 4 rings (SSSR count). The van der Waals surface area contributed by atoms with Gasteiger partial charge in [0.1, 0.15) is 18.0 Å². The van der Waals surface area contributed by atoms with Crippen LogP contribution in [0.15, 0.2) is 41.8 Å². The molecular weight excluding hydrogens is 458 g/mol. The van der Waals surface area contributed by atoms with Crippen LogP contribution in [0.4, 0.5) is 5.69 Å². The molecule has 2 unspecified atom stereocenters. The summed E-state index contributed by atoms with van der Waals surface area (Å²) in [7, 11) is 0. The summed E-state index contributed by atoms with van der Waals surface area (Å²) in [5.41, 5.74) is -1.42. The molecule has 0 radical (unpaired) electrons. The van der Waals surface area contributed by atoms with Crippen LogP contribution < -0.4 is 5.32 Å². The van der Waals surface area contributed by atoms with E-state index in [0.29, 0.717) is 5.56 Å². The summed E-state index contributed by atoms with van der Waals surface area (Å²) in [4.78, 5) is 49.6. The van der Waals surface area contributed by atoms with Crippen molar-refractivity contribution >= 4 is 46.6 Å². The summed E-state index contributed by atoms with van der Waals surface area (Å²) in [6, 6.07) is 8.52. The third kappa shape index (κ3) is 4.47. The molecule has 2 N–H and O–H groups in total. The highest BCUT2D eigenvalue weighted by molar-refractivity contribution is 8.00. The Labute approximate surface area is 190 Å². The van der Waals surface area contributed by atoms with E-state index in [2.05, 4.69) is 5.32 Å². The van der Waals surface area contributed by atoms with Gasteiger partial charge < -0.3 is 20.1 Å². The van der Waals surface area contributed by atoms with Crippen LogP contribution in [0, 0.1) is 10.1 Å². The summed E-state index contributed by atoms with van der Waals surface area (Å²) in [6.07, 6.45) is 0.192. The van der Waals surface area contributed by atoms with E-state index in [1.54, 1.807) is 0 Å². The van der Waals surface area contributed by atoms with Gasteiger partial charge in [-0.3, -0.25) is 19.7 Å². The van der Waals surface area contributed by atoms with Crippen molar-refractivity contribution in [2.45, 2.75) is 30.0 Å². The Morgan fingerprint density at radius 2 is 2.06 bits per heavy atom. The number of β-lactam (4-membered cyclic amide) rings is 1. The zero-order valence-corrected chi connectivity index (χ0v) is 18.3. The van der Waals surface area contributed by atoms with Crippen LogP contribution >= 0.6 is 23.1 Å². The molecule has 12 heteroatoms. The Hall–Kier alpha value is -2.96. The van der Waals surface area contributed by atoms with Gasteiger partial charge in [-0.25, -0.2) is 4.79 Å². The maximum absolute atomic E-state index is 12.5. The lowest BCUT2D eigenvalue weighted by molar-refractivity contribution is -0.384.